The summed E-state index contributed by atoms with van der Waals surface area (Å²) in [6.45, 7) is 3.57. The lowest BCUT2D eigenvalue weighted by atomic mass is 9.97. The zero-order valence-corrected chi connectivity index (χ0v) is 11.7. The molecule has 3 nitrogen and oxygen atoms in total. The van der Waals surface area contributed by atoms with Gasteiger partial charge >= 0.3 is 0 Å². The molecule has 0 fully saturated rings. The number of benzene rings is 1. The molecule has 0 spiro atoms. The summed E-state index contributed by atoms with van der Waals surface area (Å²) in [5, 5.41) is 11.5. The van der Waals surface area contributed by atoms with Crippen molar-refractivity contribution < 1.29 is 9.13 Å². The van der Waals surface area contributed by atoms with Crippen molar-refractivity contribution in [2.45, 2.75) is 19.3 Å². The summed E-state index contributed by atoms with van der Waals surface area (Å²) >= 11 is 1.35. The predicted molar refractivity (Wildman–Crippen MR) is 72.7 cm³/mol. The van der Waals surface area contributed by atoms with E-state index in [4.69, 9.17) is 10.00 Å². The quantitative estimate of drug-likeness (QED) is 0.857. The molecule has 19 heavy (non-hydrogen) atoms. The standard InChI is InChI=1S/C14H13FN2OS/c1-14(2,8-16)13-17-10(7-19-13)12-9(15)5-4-6-11(12)18-3/h4-7H,1-3H3. The lowest BCUT2D eigenvalue weighted by Gasteiger charge is -2.10. The molecule has 1 heterocycles. The van der Waals surface area contributed by atoms with Gasteiger partial charge in [-0.2, -0.15) is 5.26 Å². The molecular formula is C14H13FN2OS. The maximum Gasteiger partial charge on any atom is 0.136 e. The minimum atomic E-state index is -0.679. The summed E-state index contributed by atoms with van der Waals surface area (Å²) in [5.74, 6) is 0.0533. The molecule has 98 valence electrons. The lowest BCUT2D eigenvalue weighted by molar-refractivity contribution is 0.413. The summed E-state index contributed by atoms with van der Waals surface area (Å²) in [4.78, 5) is 4.37. The molecule has 0 atom stereocenters. The van der Waals surface area contributed by atoms with Gasteiger partial charge in [0.25, 0.3) is 0 Å². The number of thiazole rings is 1. The number of nitriles is 1. The second-order valence-corrected chi connectivity index (χ2v) is 5.45. The molecule has 2 rings (SSSR count). The number of aromatic nitrogens is 1. The van der Waals surface area contributed by atoms with E-state index < -0.39 is 5.41 Å². The first-order valence-corrected chi connectivity index (χ1v) is 6.57. The Morgan fingerprint density at radius 3 is 2.79 bits per heavy atom. The molecule has 5 heteroatoms. The highest BCUT2D eigenvalue weighted by Crippen LogP contribution is 2.35. The van der Waals surface area contributed by atoms with Crippen LogP contribution in [0.4, 0.5) is 4.39 Å². The molecule has 0 aliphatic heterocycles. The number of hydrogen-bond donors (Lipinski definition) is 0. The number of methoxy groups -OCH3 is 1. The third kappa shape index (κ3) is 2.45. The number of hydrogen-bond acceptors (Lipinski definition) is 4. The van der Waals surface area contributed by atoms with E-state index in [0.717, 1.165) is 0 Å². The van der Waals surface area contributed by atoms with Crippen LogP contribution in [0.3, 0.4) is 0 Å². The van der Waals surface area contributed by atoms with Gasteiger partial charge in [0, 0.05) is 5.38 Å². The fourth-order valence-electron chi connectivity index (χ4n) is 1.65. The van der Waals surface area contributed by atoms with Crippen LogP contribution in [0.5, 0.6) is 5.75 Å². The van der Waals surface area contributed by atoms with Crippen LogP contribution in [-0.2, 0) is 5.41 Å². The Morgan fingerprint density at radius 2 is 2.16 bits per heavy atom. The Labute approximate surface area is 115 Å². The average molecular weight is 276 g/mol. The minimum absolute atomic E-state index is 0.334. The molecule has 0 saturated heterocycles. The van der Waals surface area contributed by atoms with Crippen molar-refractivity contribution in [2.24, 2.45) is 0 Å². The van der Waals surface area contributed by atoms with Gasteiger partial charge in [0.05, 0.1) is 24.4 Å². The largest absolute Gasteiger partial charge is 0.496 e. The van der Waals surface area contributed by atoms with Crippen LogP contribution in [0.15, 0.2) is 23.6 Å². The summed E-state index contributed by atoms with van der Waals surface area (Å²) in [6.07, 6.45) is 0. The SMILES string of the molecule is COc1cccc(F)c1-c1csc(C(C)(C)C#N)n1. The second kappa shape index (κ2) is 4.98. The van der Waals surface area contributed by atoms with Gasteiger partial charge in [-0.05, 0) is 26.0 Å². The average Bonchev–Trinajstić information content (AvgIpc) is 2.88. The lowest BCUT2D eigenvalue weighted by Crippen LogP contribution is -2.13. The molecule has 0 radical (unpaired) electrons. The highest BCUT2D eigenvalue weighted by molar-refractivity contribution is 7.10. The Morgan fingerprint density at radius 1 is 1.42 bits per heavy atom. The maximum atomic E-state index is 13.9. The van der Waals surface area contributed by atoms with Crippen LogP contribution < -0.4 is 4.74 Å². The van der Waals surface area contributed by atoms with Gasteiger partial charge < -0.3 is 4.74 Å². The topological polar surface area (TPSA) is 45.9 Å². The van der Waals surface area contributed by atoms with Crippen LogP contribution in [-0.4, -0.2) is 12.1 Å². The molecule has 2 aromatic rings. The highest BCUT2D eigenvalue weighted by atomic mass is 32.1. The predicted octanol–water partition coefficient (Wildman–Crippen LogP) is 3.76. The van der Waals surface area contributed by atoms with E-state index >= 15 is 0 Å². The molecule has 0 N–H and O–H groups in total. The minimum Gasteiger partial charge on any atom is -0.496 e. The van der Waals surface area contributed by atoms with Crippen molar-refractivity contribution in [1.82, 2.24) is 4.98 Å². The van der Waals surface area contributed by atoms with E-state index in [0.29, 0.717) is 22.0 Å². The molecule has 0 unspecified atom stereocenters. The van der Waals surface area contributed by atoms with Gasteiger partial charge in [0.15, 0.2) is 0 Å². The molecule has 1 aromatic carbocycles. The van der Waals surface area contributed by atoms with Gasteiger partial charge in [-0.25, -0.2) is 9.37 Å². The summed E-state index contributed by atoms with van der Waals surface area (Å²) in [6, 6.07) is 6.83. The van der Waals surface area contributed by atoms with Gasteiger partial charge in [0.2, 0.25) is 0 Å². The van der Waals surface area contributed by atoms with E-state index in [1.807, 2.05) is 0 Å². The molecule has 0 aliphatic rings. The summed E-state index contributed by atoms with van der Waals surface area (Å²) in [7, 11) is 1.49. The first-order valence-electron chi connectivity index (χ1n) is 5.69. The van der Waals surface area contributed by atoms with Gasteiger partial charge in [-0.3, -0.25) is 0 Å². The molecule has 0 aliphatic carbocycles. The zero-order chi connectivity index (χ0) is 14.0. The van der Waals surface area contributed by atoms with Crippen molar-refractivity contribution >= 4 is 11.3 Å². The number of ether oxygens (including phenoxy) is 1. The Balaban J connectivity index is 2.53. The molecular weight excluding hydrogens is 263 g/mol. The van der Waals surface area contributed by atoms with Crippen LogP contribution in [0, 0.1) is 17.1 Å². The van der Waals surface area contributed by atoms with Crippen LogP contribution in [0.1, 0.15) is 18.9 Å². The molecule has 0 amide bonds. The van der Waals surface area contributed by atoms with Crippen LogP contribution >= 0.6 is 11.3 Å². The molecule has 0 saturated carbocycles. The maximum absolute atomic E-state index is 13.9. The smallest absolute Gasteiger partial charge is 0.136 e. The highest BCUT2D eigenvalue weighted by Gasteiger charge is 2.25. The van der Waals surface area contributed by atoms with E-state index in [-0.39, 0.29) is 5.82 Å². The normalized spacial score (nSPS) is 11.1. The van der Waals surface area contributed by atoms with E-state index in [9.17, 15) is 4.39 Å². The van der Waals surface area contributed by atoms with E-state index in [2.05, 4.69) is 11.1 Å². The van der Waals surface area contributed by atoms with Crippen molar-refractivity contribution in [3.05, 3.63) is 34.4 Å². The first-order chi connectivity index (χ1) is 8.99. The van der Waals surface area contributed by atoms with Crippen molar-refractivity contribution in [2.75, 3.05) is 7.11 Å². The summed E-state index contributed by atoms with van der Waals surface area (Å²) < 4.78 is 19.1. The Bertz CT molecular complexity index is 643. The number of rotatable bonds is 3. The van der Waals surface area contributed by atoms with Gasteiger partial charge in [-0.1, -0.05) is 6.07 Å². The van der Waals surface area contributed by atoms with Gasteiger partial charge in [-0.15, -0.1) is 11.3 Å². The fraction of sp³-hybridized carbons (Fsp3) is 0.286. The molecule has 1 aromatic heterocycles. The number of halogens is 1. The monoisotopic (exact) mass is 276 g/mol. The first kappa shape index (κ1) is 13.5. The van der Waals surface area contributed by atoms with E-state index in [1.165, 1.54) is 24.5 Å². The zero-order valence-electron chi connectivity index (χ0n) is 10.9. The van der Waals surface area contributed by atoms with Crippen LogP contribution in [0.25, 0.3) is 11.3 Å². The van der Waals surface area contributed by atoms with Crippen molar-refractivity contribution in [1.29, 1.82) is 5.26 Å². The third-order valence-electron chi connectivity index (χ3n) is 2.77. The number of nitrogens with zero attached hydrogens (tertiary/aromatic N) is 2. The fourth-order valence-corrected chi connectivity index (χ4v) is 2.53. The second-order valence-electron chi connectivity index (χ2n) is 4.59. The third-order valence-corrected chi connectivity index (χ3v) is 3.94. The Hall–Kier alpha value is -1.93. The summed E-state index contributed by atoms with van der Waals surface area (Å²) in [5.41, 5.74) is 0.154. The van der Waals surface area contributed by atoms with Gasteiger partial charge in [0.1, 0.15) is 22.0 Å². The Kier molecular flexibility index (Phi) is 3.54. The van der Waals surface area contributed by atoms with E-state index in [1.54, 1.807) is 31.4 Å². The molecule has 0 bridgehead atoms. The van der Waals surface area contributed by atoms with Crippen LogP contribution in [0.2, 0.25) is 0 Å². The van der Waals surface area contributed by atoms with Crippen molar-refractivity contribution in [3.63, 3.8) is 0 Å². The van der Waals surface area contributed by atoms with Crippen molar-refractivity contribution in [3.8, 4) is 23.1 Å².